The quantitative estimate of drug-likeness (QED) is 0.746. The number of carboxylic acids is 1. The fourth-order valence-electron chi connectivity index (χ4n) is 1.61. The second kappa shape index (κ2) is 3.74. The number of thiazole rings is 1. The van der Waals surface area contributed by atoms with Crippen LogP contribution in [-0.4, -0.2) is 21.0 Å². The van der Waals surface area contributed by atoms with Gasteiger partial charge in [-0.2, -0.15) is 0 Å². The third-order valence-electron chi connectivity index (χ3n) is 2.33. The zero-order valence-corrected chi connectivity index (χ0v) is 9.45. The maximum Gasteiger partial charge on any atom is 0.309 e. The first kappa shape index (κ1) is 10.1. The van der Waals surface area contributed by atoms with Gasteiger partial charge in [-0.1, -0.05) is 0 Å². The Bertz CT molecular complexity index is 651. The fourth-order valence-corrected chi connectivity index (χ4v) is 2.38. The van der Waals surface area contributed by atoms with Crippen molar-refractivity contribution in [2.45, 2.75) is 6.42 Å². The summed E-state index contributed by atoms with van der Waals surface area (Å²) in [6.45, 7) is 0. The maximum atomic E-state index is 10.6. The topological polar surface area (TPSA) is 79.1 Å². The minimum atomic E-state index is -0.881. The molecule has 0 bridgehead atoms. The summed E-state index contributed by atoms with van der Waals surface area (Å²) in [7, 11) is 0. The third kappa shape index (κ3) is 1.83. The predicted octanol–water partition coefficient (Wildman–Crippen LogP) is 2.51. The van der Waals surface area contributed by atoms with E-state index in [0.29, 0.717) is 22.2 Å². The number of nitrogens with zero attached hydrogens (tertiary/aromatic N) is 1. The molecule has 0 aliphatic heterocycles. The summed E-state index contributed by atoms with van der Waals surface area (Å²) in [6.07, 6.45) is 1.74. The SMILES string of the molecule is O=C(O)Cc1csc(-c2cc3cc[nH]c3o2)n1. The highest BCUT2D eigenvalue weighted by Crippen LogP contribution is 2.29. The average molecular weight is 248 g/mol. The molecule has 0 saturated heterocycles. The number of nitrogens with one attached hydrogen (secondary N) is 1. The van der Waals surface area contributed by atoms with E-state index in [1.165, 1.54) is 11.3 Å². The molecular formula is C11H8N2O3S. The molecule has 6 heteroatoms. The van der Waals surface area contributed by atoms with E-state index in [0.717, 1.165) is 5.39 Å². The van der Waals surface area contributed by atoms with Crippen LogP contribution in [0.5, 0.6) is 0 Å². The van der Waals surface area contributed by atoms with E-state index in [1.807, 2.05) is 12.1 Å². The molecule has 0 aliphatic rings. The number of aromatic nitrogens is 2. The second-order valence-corrected chi connectivity index (χ2v) is 4.45. The van der Waals surface area contributed by atoms with Crippen LogP contribution in [0.1, 0.15) is 5.69 Å². The van der Waals surface area contributed by atoms with Crippen molar-refractivity contribution in [3.8, 4) is 10.8 Å². The molecule has 86 valence electrons. The van der Waals surface area contributed by atoms with Crippen LogP contribution in [0, 0.1) is 0 Å². The molecule has 17 heavy (non-hydrogen) atoms. The molecule has 3 aromatic rings. The number of aromatic amines is 1. The molecule has 3 heterocycles. The number of carbonyl (C=O) groups is 1. The van der Waals surface area contributed by atoms with Crippen molar-refractivity contribution in [3.05, 3.63) is 29.4 Å². The standard InChI is InChI=1S/C11H8N2O3S/c14-9(15)4-7-5-17-11(13-7)8-3-6-1-2-12-10(6)16-8/h1-3,5,12H,4H2,(H,14,15). The number of rotatable bonds is 3. The van der Waals surface area contributed by atoms with Crippen molar-refractivity contribution in [2.24, 2.45) is 0 Å². The highest BCUT2D eigenvalue weighted by atomic mass is 32.1. The summed E-state index contributed by atoms with van der Waals surface area (Å²) in [6, 6.07) is 3.79. The molecule has 0 atom stereocenters. The van der Waals surface area contributed by atoms with Gasteiger partial charge in [-0.3, -0.25) is 4.79 Å². The Balaban J connectivity index is 1.95. The monoisotopic (exact) mass is 248 g/mol. The lowest BCUT2D eigenvalue weighted by Crippen LogP contribution is -1.99. The van der Waals surface area contributed by atoms with Crippen molar-refractivity contribution in [3.63, 3.8) is 0 Å². The molecule has 0 aromatic carbocycles. The van der Waals surface area contributed by atoms with E-state index in [4.69, 9.17) is 9.52 Å². The zero-order chi connectivity index (χ0) is 11.8. The van der Waals surface area contributed by atoms with Crippen molar-refractivity contribution >= 4 is 28.4 Å². The first-order valence-electron chi connectivity index (χ1n) is 4.96. The average Bonchev–Trinajstić information content (AvgIpc) is 2.87. The van der Waals surface area contributed by atoms with Gasteiger partial charge in [0.1, 0.15) is 0 Å². The molecule has 2 N–H and O–H groups in total. The predicted molar refractivity (Wildman–Crippen MR) is 63.0 cm³/mol. The van der Waals surface area contributed by atoms with Crippen LogP contribution < -0.4 is 0 Å². The van der Waals surface area contributed by atoms with Crippen LogP contribution in [0.3, 0.4) is 0 Å². The van der Waals surface area contributed by atoms with Gasteiger partial charge < -0.3 is 14.5 Å². The number of carboxylic acid groups (broad SMARTS) is 1. The van der Waals surface area contributed by atoms with Gasteiger partial charge in [-0.05, 0) is 12.1 Å². The van der Waals surface area contributed by atoms with Gasteiger partial charge in [0.25, 0.3) is 0 Å². The number of fused-ring (bicyclic) bond motifs is 1. The van der Waals surface area contributed by atoms with Crippen LogP contribution in [0.15, 0.2) is 28.1 Å². The first-order chi connectivity index (χ1) is 8.22. The van der Waals surface area contributed by atoms with Crippen molar-refractivity contribution < 1.29 is 14.3 Å². The second-order valence-electron chi connectivity index (χ2n) is 3.59. The van der Waals surface area contributed by atoms with Crippen LogP contribution in [0.25, 0.3) is 21.9 Å². The summed E-state index contributed by atoms with van der Waals surface area (Å²) in [5, 5.41) is 12.1. The van der Waals surface area contributed by atoms with E-state index >= 15 is 0 Å². The molecule has 3 rings (SSSR count). The van der Waals surface area contributed by atoms with Gasteiger partial charge >= 0.3 is 5.97 Å². The number of aliphatic carboxylic acids is 1. The summed E-state index contributed by atoms with van der Waals surface area (Å²) >= 11 is 1.38. The Morgan fingerprint density at radius 1 is 1.59 bits per heavy atom. The Kier molecular flexibility index (Phi) is 2.22. The van der Waals surface area contributed by atoms with Crippen molar-refractivity contribution in [2.75, 3.05) is 0 Å². The molecule has 3 aromatic heterocycles. The number of hydrogen-bond acceptors (Lipinski definition) is 4. The molecule has 0 radical (unpaired) electrons. The summed E-state index contributed by atoms with van der Waals surface area (Å²) in [5.41, 5.74) is 1.26. The van der Waals surface area contributed by atoms with E-state index in [-0.39, 0.29) is 6.42 Å². The van der Waals surface area contributed by atoms with Crippen molar-refractivity contribution in [1.82, 2.24) is 9.97 Å². The van der Waals surface area contributed by atoms with E-state index < -0.39 is 5.97 Å². The van der Waals surface area contributed by atoms with Gasteiger partial charge in [0.05, 0.1) is 12.1 Å². The lowest BCUT2D eigenvalue weighted by atomic mass is 10.3. The lowest BCUT2D eigenvalue weighted by Gasteiger charge is -1.88. The first-order valence-corrected chi connectivity index (χ1v) is 5.84. The van der Waals surface area contributed by atoms with Crippen LogP contribution in [-0.2, 0) is 11.2 Å². The maximum absolute atomic E-state index is 10.6. The summed E-state index contributed by atoms with van der Waals surface area (Å²) < 4.78 is 5.56. The van der Waals surface area contributed by atoms with Crippen LogP contribution in [0.2, 0.25) is 0 Å². The van der Waals surface area contributed by atoms with Crippen LogP contribution in [0.4, 0.5) is 0 Å². The Labute approximate surface area is 99.7 Å². The van der Waals surface area contributed by atoms with Gasteiger partial charge in [-0.25, -0.2) is 4.98 Å². The van der Waals surface area contributed by atoms with Crippen molar-refractivity contribution in [1.29, 1.82) is 0 Å². The molecule has 0 fully saturated rings. The minimum absolute atomic E-state index is 0.0604. The van der Waals surface area contributed by atoms with E-state index in [9.17, 15) is 4.79 Å². The van der Waals surface area contributed by atoms with Gasteiger partial charge in [-0.15, -0.1) is 11.3 Å². The van der Waals surface area contributed by atoms with Gasteiger partial charge in [0, 0.05) is 17.0 Å². The molecular weight excluding hydrogens is 240 g/mol. The zero-order valence-electron chi connectivity index (χ0n) is 8.64. The number of hydrogen-bond donors (Lipinski definition) is 2. The fraction of sp³-hybridized carbons (Fsp3) is 0.0909. The molecule has 0 unspecified atom stereocenters. The largest absolute Gasteiger partial charge is 0.481 e. The molecule has 5 nitrogen and oxygen atoms in total. The number of H-pyrrole nitrogens is 1. The van der Waals surface area contributed by atoms with E-state index in [2.05, 4.69) is 9.97 Å². The molecule has 0 amide bonds. The molecule has 0 spiro atoms. The Hall–Kier alpha value is -2.08. The highest BCUT2D eigenvalue weighted by Gasteiger charge is 2.12. The van der Waals surface area contributed by atoms with Gasteiger partial charge in [0.2, 0.25) is 5.71 Å². The third-order valence-corrected chi connectivity index (χ3v) is 3.24. The van der Waals surface area contributed by atoms with E-state index in [1.54, 1.807) is 11.6 Å². The normalized spacial score (nSPS) is 11.1. The Morgan fingerprint density at radius 3 is 3.24 bits per heavy atom. The molecule has 0 aliphatic carbocycles. The minimum Gasteiger partial charge on any atom is -0.481 e. The highest BCUT2D eigenvalue weighted by molar-refractivity contribution is 7.13. The smallest absolute Gasteiger partial charge is 0.309 e. The summed E-state index contributed by atoms with van der Waals surface area (Å²) in [5.74, 6) is -0.220. The Morgan fingerprint density at radius 2 is 2.47 bits per heavy atom. The lowest BCUT2D eigenvalue weighted by molar-refractivity contribution is -0.136. The summed E-state index contributed by atoms with van der Waals surface area (Å²) in [4.78, 5) is 17.7. The number of furan rings is 1. The van der Waals surface area contributed by atoms with Crippen LogP contribution >= 0.6 is 11.3 Å². The van der Waals surface area contributed by atoms with Gasteiger partial charge in [0.15, 0.2) is 10.8 Å². The molecule has 0 saturated carbocycles.